The summed E-state index contributed by atoms with van der Waals surface area (Å²) in [5.41, 5.74) is 3.48. The average molecular weight is 245 g/mol. The van der Waals surface area contributed by atoms with Gasteiger partial charge in [0.15, 0.2) is 6.29 Å². The third-order valence-corrected chi connectivity index (χ3v) is 3.06. The van der Waals surface area contributed by atoms with Crippen molar-refractivity contribution in [3.63, 3.8) is 0 Å². The van der Waals surface area contributed by atoms with Gasteiger partial charge >= 0.3 is 0 Å². The quantitative estimate of drug-likeness (QED) is 0.747. The smallest absolute Gasteiger partial charge is 0.253 e. The number of hydrogen-bond donors (Lipinski definition) is 0. The number of carbonyl (C=O) groups is 1. The molecule has 0 spiro atoms. The number of hydrogen-bond acceptors (Lipinski definition) is 3. The van der Waals surface area contributed by atoms with E-state index in [1.165, 1.54) is 4.68 Å². The van der Waals surface area contributed by atoms with Crippen LogP contribution in [0.15, 0.2) is 16.9 Å². The number of rotatable bonds is 2. The van der Waals surface area contributed by atoms with Gasteiger partial charge in [0.2, 0.25) is 0 Å². The zero-order valence-corrected chi connectivity index (χ0v) is 10.9. The van der Waals surface area contributed by atoms with Crippen LogP contribution in [-0.4, -0.2) is 20.6 Å². The Hall–Kier alpha value is -2.17. The Morgan fingerprint density at radius 3 is 2.39 bits per heavy atom. The van der Waals surface area contributed by atoms with Crippen molar-refractivity contribution in [2.24, 2.45) is 14.1 Å². The van der Waals surface area contributed by atoms with Crippen molar-refractivity contribution in [1.29, 1.82) is 0 Å². The lowest BCUT2D eigenvalue weighted by Gasteiger charge is -2.10. The normalized spacial score (nSPS) is 10.7. The van der Waals surface area contributed by atoms with E-state index in [0.717, 1.165) is 17.5 Å². The summed E-state index contributed by atoms with van der Waals surface area (Å²) in [7, 11) is 3.42. The maximum Gasteiger partial charge on any atom is 0.253 e. The Labute approximate surface area is 105 Å². The molecule has 2 aromatic rings. The van der Waals surface area contributed by atoms with Gasteiger partial charge in [-0.25, -0.2) is 0 Å². The van der Waals surface area contributed by atoms with Gasteiger partial charge in [-0.2, -0.15) is 5.10 Å². The van der Waals surface area contributed by atoms with Crippen molar-refractivity contribution >= 4 is 6.29 Å². The molecule has 0 aliphatic heterocycles. The highest BCUT2D eigenvalue weighted by Gasteiger charge is 2.13. The second-order valence-corrected chi connectivity index (χ2v) is 4.42. The molecule has 0 N–H and O–H groups in total. The number of aldehydes is 1. The summed E-state index contributed by atoms with van der Waals surface area (Å²) in [5, 5.41) is 4.27. The van der Waals surface area contributed by atoms with Crippen LogP contribution < -0.4 is 5.56 Å². The van der Waals surface area contributed by atoms with E-state index >= 15 is 0 Å². The van der Waals surface area contributed by atoms with Crippen LogP contribution in [0.5, 0.6) is 0 Å². The molecule has 0 amide bonds. The molecule has 0 saturated heterocycles. The van der Waals surface area contributed by atoms with Gasteiger partial charge < -0.3 is 4.57 Å². The van der Waals surface area contributed by atoms with Gasteiger partial charge in [0.25, 0.3) is 5.56 Å². The van der Waals surface area contributed by atoms with Crippen LogP contribution in [0, 0.1) is 13.8 Å². The van der Waals surface area contributed by atoms with Gasteiger partial charge in [-0.3, -0.25) is 14.3 Å². The summed E-state index contributed by atoms with van der Waals surface area (Å²) in [6, 6.07) is 3.52. The van der Waals surface area contributed by atoms with Crippen molar-refractivity contribution in [3.8, 4) is 11.4 Å². The summed E-state index contributed by atoms with van der Waals surface area (Å²) in [4.78, 5) is 22.8. The zero-order chi connectivity index (χ0) is 13.4. The molecule has 0 saturated carbocycles. The largest absolute Gasteiger partial charge is 0.309 e. The lowest BCUT2D eigenvalue weighted by molar-refractivity contribution is 0.111. The fourth-order valence-electron chi connectivity index (χ4n) is 2.17. The molecule has 5 heteroatoms. The second-order valence-electron chi connectivity index (χ2n) is 4.42. The molecule has 94 valence electrons. The second kappa shape index (κ2) is 4.25. The van der Waals surface area contributed by atoms with E-state index in [-0.39, 0.29) is 5.56 Å². The molecule has 2 rings (SSSR count). The highest BCUT2D eigenvalue weighted by molar-refractivity contribution is 5.75. The van der Waals surface area contributed by atoms with Crippen LogP contribution in [-0.2, 0) is 14.1 Å². The van der Waals surface area contributed by atoms with Crippen LogP contribution in [0.25, 0.3) is 11.4 Å². The minimum atomic E-state index is -0.0473. The zero-order valence-electron chi connectivity index (χ0n) is 10.9. The molecule has 0 aliphatic rings. The molecule has 2 aromatic heterocycles. The van der Waals surface area contributed by atoms with Gasteiger partial charge in [0, 0.05) is 19.7 Å². The minimum Gasteiger partial charge on any atom is -0.309 e. The molecular weight excluding hydrogens is 230 g/mol. The van der Waals surface area contributed by atoms with Crippen molar-refractivity contribution < 1.29 is 4.79 Å². The Morgan fingerprint density at radius 2 is 1.83 bits per heavy atom. The summed E-state index contributed by atoms with van der Waals surface area (Å²) in [6.45, 7) is 3.71. The Kier molecular flexibility index (Phi) is 2.90. The number of aromatic nitrogens is 3. The van der Waals surface area contributed by atoms with Gasteiger partial charge in [0.1, 0.15) is 11.4 Å². The number of nitrogens with zero attached hydrogens (tertiary/aromatic N) is 3. The lowest BCUT2D eigenvalue weighted by Crippen LogP contribution is -2.21. The summed E-state index contributed by atoms with van der Waals surface area (Å²) >= 11 is 0. The fourth-order valence-corrected chi connectivity index (χ4v) is 2.17. The molecule has 0 atom stereocenters. The maximum atomic E-state index is 11.9. The Morgan fingerprint density at radius 1 is 1.17 bits per heavy atom. The van der Waals surface area contributed by atoms with Crippen molar-refractivity contribution in [2.45, 2.75) is 13.8 Å². The highest BCUT2D eigenvalue weighted by Crippen LogP contribution is 2.21. The van der Waals surface area contributed by atoms with E-state index in [0.29, 0.717) is 17.0 Å². The van der Waals surface area contributed by atoms with E-state index in [9.17, 15) is 9.59 Å². The van der Waals surface area contributed by atoms with Gasteiger partial charge in [-0.05, 0) is 31.5 Å². The molecule has 0 radical (unpaired) electrons. The first-order chi connectivity index (χ1) is 8.45. The van der Waals surface area contributed by atoms with Gasteiger partial charge in [0.05, 0.1) is 5.69 Å². The van der Waals surface area contributed by atoms with E-state index in [1.807, 2.05) is 13.0 Å². The first-order valence-electron chi connectivity index (χ1n) is 5.62. The predicted octanol–water partition coefficient (Wildman–Crippen LogP) is 1.22. The third kappa shape index (κ3) is 1.77. The van der Waals surface area contributed by atoms with E-state index in [2.05, 4.69) is 5.10 Å². The topological polar surface area (TPSA) is 56.9 Å². The van der Waals surface area contributed by atoms with Crippen molar-refractivity contribution in [3.05, 3.63) is 39.3 Å². The third-order valence-electron chi connectivity index (χ3n) is 3.06. The standard InChI is InChI=1S/C13H15N3O2/c1-8-5-9(2)13(18)15(3)12(8)11-6-10(7-17)16(4)14-11/h5-7H,1-4H3. The molecule has 0 unspecified atom stereocenters. The number of carbonyl (C=O) groups excluding carboxylic acids is 1. The molecule has 5 nitrogen and oxygen atoms in total. The van der Waals surface area contributed by atoms with Gasteiger partial charge in [-0.15, -0.1) is 0 Å². The molecule has 0 bridgehead atoms. The summed E-state index contributed by atoms with van der Waals surface area (Å²) in [5.74, 6) is 0. The average Bonchev–Trinajstić information content (AvgIpc) is 2.67. The number of pyridine rings is 1. The molecule has 0 fully saturated rings. The fraction of sp³-hybridized carbons (Fsp3) is 0.308. The minimum absolute atomic E-state index is 0.0473. The van der Waals surface area contributed by atoms with Crippen LogP contribution in [0.2, 0.25) is 0 Å². The Balaban J connectivity index is 2.74. The van der Waals surface area contributed by atoms with Gasteiger partial charge in [-0.1, -0.05) is 0 Å². The van der Waals surface area contributed by atoms with E-state index < -0.39 is 0 Å². The number of aryl methyl sites for hydroxylation is 3. The first-order valence-corrected chi connectivity index (χ1v) is 5.62. The first kappa shape index (κ1) is 12.3. The van der Waals surface area contributed by atoms with Crippen LogP contribution in [0.1, 0.15) is 21.6 Å². The monoisotopic (exact) mass is 245 g/mol. The van der Waals surface area contributed by atoms with Crippen LogP contribution >= 0.6 is 0 Å². The lowest BCUT2D eigenvalue weighted by atomic mass is 10.1. The molecular formula is C13H15N3O2. The van der Waals surface area contributed by atoms with Crippen molar-refractivity contribution in [2.75, 3.05) is 0 Å². The predicted molar refractivity (Wildman–Crippen MR) is 68.7 cm³/mol. The highest BCUT2D eigenvalue weighted by atomic mass is 16.1. The summed E-state index contributed by atoms with van der Waals surface area (Å²) < 4.78 is 3.08. The van der Waals surface area contributed by atoms with E-state index in [4.69, 9.17) is 0 Å². The van der Waals surface area contributed by atoms with Crippen molar-refractivity contribution in [1.82, 2.24) is 14.3 Å². The maximum absolute atomic E-state index is 11.9. The molecule has 0 aromatic carbocycles. The summed E-state index contributed by atoms with van der Waals surface area (Å²) in [6.07, 6.45) is 0.748. The van der Waals surface area contributed by atoms with Crippen LogP contribution in [0.4, 0.5) is 0 Å². The Bertz CT molecular complexity index is 680. The molecule has 0 aliphatic carbocycles. The molecule has 18 heavy (non-hydrogen) atoms. The SMILES string of the molecule is Cc1cc(C)c(=O)n(C)c1-c1cc(C=O)n(C)n1. The molecule has 2 heterocycles. The van der Waals surface area contributed by atoms with E-state index in [1.54, 1.807) is 31.7 Å². The van der Waals surface area contributed by atoms with Crippen LogP contribution in [0.3, 0.4) is 0 Å².